The fourth-order valence-electron chi connectivity index (χ4n) is 4.83. The van der Waals surface area contributed by atoms with Crippen molar-refractivity contribution < 1.29 is 31.5 Å². The number of anilines is 2. The zero-order valence-electron chi connectivity index (χ0n) is 23.3. The number of rotatable bonds is 8. The molecule has 1 aliphatic rings. The number of ketones is 1. The highest BCUT2D eigenvalue weighted by molar-refractivity contribution is 7.92. The lowest BCUT2D eigenvalue weighted by Crippen LogP contribution is -2.48. The van der Waals surface area contributed by atoms with E-state index in [0.717, 1.165) is 12.1 Å². The molecule has 3 heterocycles. The van der Waals surface area contributed by atoms with Crippen molar-refractivity contribution in [1.29, 1.82) is 0 Å². The second-order valence-corrected chi connectivity index (χ2v) is 11.4. The lowest BCUT2D eigenvalue weighted by Gasteiger charge is -2.36. The summed E-state index contributed by atoms with van der Waals surface area (Å²) < 4.78 is 64.0. The molecule has 1 fully saturated rings. The number of sulfonamides is 1. The van der Waals surface area contributed by atoms with Gasteiger partial charge in [0.25, 0.3) is 10.0 Å². The number of hydrogen-bond donors (Lipinski definition) is 1. The number of piperazine rings is 1. The van der Waals surface area contributed by atoms with E-state index in [1.54, 1.807) is 23.2 Å². The van der Waals surface area contributed by atoms with E-state index in [1.165, 1.54) is 56.6 Å². The standard InChI is InChI=1S/C30H27F2N5O5S/c1-19(38)7-10-27(39)37-15-13-36(14-16-37)25-11-12-33-23-9-8-21(29(32)28(23)25)20-17-24(30(42-2)34-18-20)35-43(40,41)26-6-4-3-5-22(26)31/h3-12,17-18,35H,13-16H2,1-2H3/b10-7+. The first kappa shape index (κ1) is 29.6. The van der Waals surface area contributed by atoms with Crippen LogP contribution in [0.1, 0.15) is 6.92 Å². The summed E-state index contributed by atoms with van der Waals surface area (Å²) in [6.45, 7) is 2.97. The summed E-state index contributed by atoms with van der Waals surface area (Å²) in [5.74, 6) is -2.10. The second-order valence-electron chi connectivity index (χ2n) is 9.72. The molecule has 222 valence electrons. The van der Waals surface area contributed by atoms with Gasteiger partial charge in [0, 0.05) is 55.8 Å². The number of amides is 1. The predicted octanol–water partition coefficient (Wildman–Crippen LogP) is 4.18. The van der Waals surface area contributed by atoms with Crippen LogP contribution >= 0.6 is 0 Å². The highest BCUT2D eigenvalue weighted by Crippen LogP contribution is 2.37. The van der Waals surface area contributed by atoms with Gasteiger partial charge in [-0.3, -0.25) is 19.3 Å². The van der Waals surface area contributed by atoms with Crippen LogP contribution in [0.5, 0.6) is 5.88 Å². The number of carbonyl (C=O) groups is 2. The molecule has 0 spiro atoms. The summed E-state index contributed by atoms with van der Waals surface area (Å²) in [5, 5.41) is 0.251. The van der Waals surface area contributed by atoms with E-state index in [9.17, 15) is 22.4 Å². The van der Waals surface area contributed by atoms with Crippen molar-refractivity contribution in [3.05, 3.63) is 84.7 Å². The first-order chi connectivity index (χ1) is 20.6. The smallest absolute Gasteiger partial charge is 0.264 e. The number of benzene rings is 2. The van der Waals surface area contributed by atoms with Crippen molar-refractivity contribution >= 4 is 44.0 Å². The Morgan fingerprint density at radius 2 is 1.74 bits per heavy atom. The van der Waals surface area contributed by atoms with E-state index >= 15 is 4.39 Å². The predicted molar refractivity (Wildman–Crippen MR) is 157 cm³/mol. The molecule has 1 N–H and O–H groups in total. The first-order valence-corrected chi connectivity index (χ1v) is 14.7. The fourth-order valence-corrected chi connectivity index (χ4v) is 5.96. The Bertz CT molecular complexity index is 1860. The number of aromatic nitrogens is 2. The Morgan fingerprint density at radius 1 is 1.00 bits per heavy atom. The molecule has 0 bridgehead atoms. The maximum atomic E-state index is 16.3. The van der Waals surface area contributed by atoms with E-state index in [4.69, 9.17) is 4.74 Å². The molecular weight excluding hydrogens is 580 g/mol. The van der Waals surface area contributed by atoms with Gasteiger partial charge in [-0.1, -0.05) is 12.1 Å². The minimum Gasteiger partial charge on any atom is -0.480 e. The van der Waals surface area contributed by atoms with Gasteiger partial charge in [0.2, 0.25) is 11.8 Å². The van der Waals surface area contributed by atoms with E-state index < -0.39 is 26.6 Å². The van der Waals surface area contributed by atoms with Gasteiger partial charge >= 0.3 is 0 Å². The van der Waals surface area contributed by atoms with Crippen LogP contribution in [0.2, 0.25) is 0 Å². The summed E-state index contributed by atoms with van der Waals surface area (Å²) in [4.78, 5) is 35.1. The largest absolute Gasteiger partial charge is 0.480 e. The molecule has 1 amide bonds. The van der Waals surface area contributed by atoms with Crippen LogP contribution in [0.25, 0.3) is 22.0 Å². The van der Waals surface area contributed by atoms with Gasteiger partial charge in [0.15, 0.2) is 5.78 Å². The lowest BCUT2D eigenvalue weighted by molar-refractivity contribution is -0.126. The van der Waals surface area contributed by atoms with E-state index in [0.29, 0.717) is 37.4 Å². The zero-order valence-corrected chi connectivity index (χ0v) is 24.1. The average Bonchev–Trinajstić information content (AvgIpc) is 3.00. The Morgan fingerprint density at radius 3 is 2.44 bits per heavy atom. The normalized spacial score (nSPS) is 13.9. The monoisotopic (exact) mass is 607 g/mol. The van der Waals surface area contributed by atoms with Gasteiger partial charge in [-0.25, -0.2) is 22.2 Å². The lowest BCUT2D eigenvalue weighted by atomic mass is 10.0. The molecule has 2 aromatic heterocycles. The Hall–Kier alpha value is -4.91. The van der Waals surface area contributed by atoms with E-state index in [2.05, 4.69) is 14.7 Å². The Kier molecular flexibility index (Phi) is 8.35. The SMILES string of the molecule is COc1ncc(-c2ccc3nccc(N4CCN(C(=O)/C=C/C(C)=O)CC4)c3c2F)cc1NS(=O)(=O)c1ccccc1F. The highest BCUT2D eigenvalue weighted by Gasteiger charge is 2.25. The topological polar surface area (TPSA) is 122 Å². The summed E-state index contributed by atoms with van der Waals surface area (Å²) in [7, 11) is -3.07. The maximum Gasteiger partial charge on any atom is 0.264 e. The molecule has 0 atom stereocenters. The molecule has 43 heavy (non-hydrogen) atoms. The molecule has 4 aromatic rings. The molecule has 1 aliphatic heterocycles. The van der Waals surface area contributed by atoms with Gasteiger partial charge in [0.1, 0.15) is 22.2 Å². The number of hydrogen-bond acceptors (Lipinski definition) is 8. The molecule has 0 saturated carbocycles. The van der Waals surface area contributed by atoms with Crippen LogP contribution in [0.4, 0.5) is 20.2 Å². The molecular formula is C30H27F2N5O5S. The Labute approximate surface area is 246 Å². The maximum absolute atomic E-state index is 16.3. The van der Waals surface area contributed by atoms with E-state index in [1.807, 2.05) is 4.90 Å². The number of nitrogens with one attached hydrogen (secondary N) is 1. The molecule has 0 aliphatic carbocycles. The number of ether oxygens (including phenoxy) is 1. The minimum absolute atomic E-state index is 0.0854. The van der Waals surface area contributed by atoms with Crippen molar-refractivity contribution in [2.24, 2.45) is 0 Å². The number of allylic oxidation sites excluding steroid dienone is 1. The van der Waals surface area contributed by atoms with Crippen LogP contribution in [0, 0.1) is 11.6 Å². The van der Waals surface area contributed by atoms with Gasteiger partial charge in [-0.15, -0.1) is 0 Å². The van der Waals surface area contributed by atoms with Crippen LogP contribution < -0.4 is 14.4 Å². The molecule has 0 radical (unpaired) electrons. The summed E-state index contributed by atoms with van der Waals surface area (Å²) >= 11 is 0. The average molecular weight is 608 g/mol. The number of carbonyl (C=O) groups excluding carboxylic acids is 2. The third kappa shape index (κ3) is 6.16. The molecule has 13 heteroatoms. The number of nitrogens with zero attached hydrogens (tertiary/aromatic N) is 4. The van der Waals surface area contributed by atoms with Crippen LogP contribution in [0.3, 0.4) is 0 Å². The van der Waals surface area contributed by atoms with Crippen LogP contribution in [-0.4, -0.2) is 68.3 Å². The third-order valence-corrected chi connectivity index (χ3v) is 8.34. The van der Waals surface area contributed by atoms with Gasteiger partial charge in [-0.05, 0) is 49.4 Å². The van der Waals surface area contributed by atoms with Crippen molar-refractivity contribution in [3.8, 4) is 17.0 Å². The quantitative estimate of drug-likeness (QED) is 0.296. The summed E-state index contributed by atoms with van der Waals surface area (Å²) in [5.41, 5.74) is 1.26. The first-order valence-electron chi connectivity index (χ1n) is 13.2. The molecule has 10 nitrogen and oxygen atoms in total. The minimum atomic E-state index is -4.36. The van der Waals surface area contributed by atoms with Crippen LogP contribution in [-0.2, 0) is 19.6 Å². The van der Waals surface area contributed by atoms with Crippen molar-refractivity contribution in [2.45, 2.75) is 11.8 Å². The number of pyridine rings is 2. The summed E-state index contributed by atoms with van der Waals surface area (Å²) in [6.07, 6.45) is 5.40. The highest BCUT2D eigenvalue weighted by atomic mass is 32.2. The Balaban J connectivity index is 1.48. The molecule has 0 unspecified atom stereocenters. The molecule has 5 rings (SSSR count). The van der Waals surface area contributed by atoms with Crippen molar-refractivity contribution in [2.75, 3.05) is 42.9 Å². The fraction of sp³-hybridized carbons (Fsp3) is 0.200. The number of fused-ring (bicyclic) bond motifs is 1. The van der Waals surface area contributed by atoms with Crippen molar-refractivity contribution in [1.82, 2.24) is 14.9 Å². The van der Waals surface area contributed by atoms with Gasteiger partial charge in [-0.2, -0.15) is 0 Å². The zero-order chi connectivity index (χ0) is 30.7. The summed E-state index contributed by atoms with van der Waals surface area (Å²) in [6, 6.07) is 11.1. The molecule has 1 saturated heterocycles. The van der Waals surface area contributed by atoms with Gasteiger partial charge in [0.05, 0.1) is 23.7 Å². The van der Waals surface area contributed by atoms with E-state index in [-0.39, 0.29) is 39.8 Å². The second kappa shape index (κ2) is 12.1. The third-order valence-electron chi connectivity index (χ3n) is 6.94. The van der Waals surface area contributed by atoms with Gasteiger partial charge < -0.3 is 14.5 Å². The number of methoxy groups -OCH3 is 1. The number of halogens is 2. The van der Waals surface area contributed by atoms with Crippen molar-refractivity contribution in [3.63, 3.8) is 0 Å². The van der Waals surface area contributed by atoms with Crippen LogP contribution in [0.15, 0.2) is 78.0 Å². The molecule has 2 aromatic carbocycles.